The Balaban J connectivity index is 1.54. The molecular formula is C16H23NOS. The summed E-state index contributed by atoms with van der Waals surface area (Å²) in [5.41, 5.74) is 1.68. The van der Waals surface area contributed by atoms with Gasteiger partial charge in [0.15, 0.2) is 0 Å². The second kappa shape index (κ2) is 5.86. The van der Waals surface area contributed by atoms with Gasteiger partial charge in [0.25, 0.3) is 0 Å². The second-order valence-corrected chi connectivity index (χ2v) is 7.10. The monoisotopic (exact) mass is 277 g/mol. The highest BCUT2D eigenvalue weighted by Gasteiger charge is 2.33. The fourth-order valence-electron chi connectivity index (χ4n) is 3.43. The van der Waals surface area contributed by atoms with Crippen LogP contribution < -0.4 is 5.32 Å². The third-order valence-electron chi connectivity index (χ3n) is 4.69. The van der Waals surface area contributed by atoms with Gasteiger partial charge < -0.3 is 10.4 Å². The maximum Gasteiger partial charge on any atom is 0.0499 e. The molecule has 3 rings (SSSR count). The zero-order valence-corrected chi connectivity index (χ0v) is 12.2. The Bertz CT molecular complexity index is 429. The molecule has 1 aromatic carbocycles. The fraction of sp³-hybridized carbons (Fsp3) is 0.625. The number of rotatable bonds is 5. The number of nitrogens with one attached hydrogen (secondary N) is 1. The summed E-state index contributed by atoms with van der Waals surface area (Å²) in [7, 11) is 0. The summed E-state index contributed by atoms with van der Waals surface area (Å²) in [6.45, 7) is 2.37. The van der Waals surface area contributed by atoms with Crippen LogP contribution in [0, 0.1) is 5.41 Å². The average molecular weight is 277 g/mol. The standard InChI is InChI=1S/C16H23NOS/c18-12-16(7-3-4-8-16)11-17-9-13-10-19-15-6-2-1-5-14(13)15/h1-2,5-6,13,17-18H,3-4,7-12H2. The van der Waals surface area contributed by atoms with E-state index in [1.165, 1.54) is 41.9 Å². The molecule has 1 unspecified atom stereocenters. The first-order valence-corrected chi connectivity index (χ1v) is 8.35. The molecule has 2 N–H and O–H groups in total. The first-order valence-electron chi connectivity index (χ1n) is 7.36. The van der Waals surface area contributed by atoms with Gasteiger partial charge in [0, 0.05) is 41.7 Å². The smallest absolute Gasteiger partial charge is 0.0499 e. The van der Waals surface area contributed by atoms with Gasteiger partial charge in [-0.25, -0.2) is 0 Å². The number of fused-ring (bicyclic) bond motifs is 1. The minimum absolute atomic E-state index is 0.172. The summed E-state index contributed by atoms with van der Waals surface area (Å²) >= 11 is 1.97. The molecule has 0 radical (unpaired) electrons. The molecule has 104 valence electrons. The topological polar surface area (TPSA) is 32.3 Å². The Morgan fingerprint density at radius 1 is 1.26 bits per heavy atom. The van der Waals surface area contributed by atoms with Crippen molar-refractivity contribution in [3.05, 3.63) is 29.8 Å². The van der Waals surface area contributed by atoms with E-state index in [4.69, 9.17) is 0 Å². The fourth-order valence-corrected chi connectivity index (χ4v) is 4.68. The maximum absolute atomic E-state index is 9.62. The molecule has 1 aliphatic carbocycles. The third kappa shape index (κ3) is 2.83. The van der Waals surface area contributed by atoms with Crippen molar-refractivity contribution < 1.29 is 5.11 Å². The lowest BCUT2D eigenvalue weighted by Crippen LogP contribution is -2.37. The lowest BCUT2D eigenvalue weighted by Gasteiger charge is -2.27. The Morgan fingerprint density at radius 2 is 2.05 bits per heavy atom. The van der Waals surface area contributed by atoms with Gasteiger partial charge >= 0.3 is 0 Å². The number of aliphatic hydroxyl groups is 1. The van der Waals surface area contributed by atoms with Crippen LogP contribution in [0.1, 0.15) is 37.2 Å². The van der Waals surface area contributed by atoms with Crippen molar-refractivity contribution in [1.29, 1.82) is 0 Å². The van der Waals surface area contributed by atoms with Gasteiger partial charge in [-0.1, -0.05) is 31.0 Å². The molecule has 0 aromatic heterocycles. The van der Waals surface area contributed by atoms with Crippen molar-refractivity contribution in [1.82, 2.24) is 5.32 Å². The number of aliphatic hydroxyl groups excluding tert-OH is 1. The Labute approximate surface area is 120 Å². The minimum Gasteiger partial charge on any atom is -0.396 e. The van der Waals surface area contributed by atoms with E-state index in [-0.39, 0.29) is 5.41 Å². The summed E-state index contributed by atoms with van der Waals surface area (Å²) in [5, 5.41) is 13.3. The molecule has 1 heterocycles. The molecule has 1 fully saturated rings. The average Bonchev–Trinajstić information content (AvgIpc) is 3.07. The van der Waals surface area contributed by atoms with Gasteiger partial charge in [0.05, 0.1) is 0 Å². The molecule has 1 atom stereocenters. The zero-order valence-electron chi connectivity index (χ0n) is 11.4. The van der Waals surface area contributed by atoms with E-state index in [0.29, 0.717) is 12.5 Å². The van der Waals surface area contributed by atoms with Gasteiger partial charge in [-0.3, -0.25) is 0 Å². The van der Waals surface area contributed by atoms with Crippen LogP contribution in [-0.2, 0) is 0 Å². The highest BCUT2D eigenvalue weighted by atomic mass is 32.2. The van der Waals surface area contributed by atoms with Crippen LogP contribution in [0.15, 0.2) is 29.2 Å². The van der Waals surface area contributed by atoms with Crippen molar-refractivity contribution in [3.63, 3.8) is 0 Å². The number of hydrogen-bond donors (Lipinski definition) is 2. The van der Waals surface area contributed by atoms with E-state index in [0.717, 1.165) is 13.1 Å². The molecule has 2 aliphatic rings. The van der Waals surface area contributed by atoms with E-state index in [9.17, 15) is 5.11 Å². The second-order valence-electron chi connectivity index (χ2n) is 6.04. The molecule has 0 spiro atoms. The first-order chi connectivity index (χ1) is 9.33. The quantitative estimate of drug-likeness (QED) is 0.868. The summed E-state index contributed by atoms with van der Waals surface area (Å²) in [6.07, 6.45) is 4.94. The molecule has 0 amide bonds. The molecule has 1 saturated carbocycles. The van der Waals surface area contributed by atoms with E-state index in [1.54, 1.807) is 0 Å². The predicted molar refractivity (Wildman–Crippen MR) is 80.8 cm³/mol. The van der Waals surface area contributed by atoms with Crippen LogP contribution in [0.25, 0.3) is 0 Å². The predicted octanol–water partition coefficient (Wildman–Crippen LogP) is 3.02. The van der Waals surface area contributed by atoms with Crippen LogP contribution in [0.2, 0.25) is 0 Å². The summed E-state index contributed by atoms with van der Waals surface area (Å²) in [6, 6.07) is 8.76. The zero-order chi connectivity index (χ0) is 13.1. The van der Waals surface area contributed by atoms with E-state index < -0.39 is 0 Å². The Hall–Kier alpha value is -0.510. The molecule has 19 heavy (non-hydrogen) atoms. The van der Waals surface area contributed by atoms with Crippen LogP contribution in [0.5, 0.6) is 0 Å². The Morgan fingerprint density at radius 3 is 2.84 bits per heavy atom. The van der Waals surface area contributed by atoms with Crippen molar-refractivity contribution in [3.8, 4) is 0 Å². The van der Waals surface area contributed by atoms with E-state index in [1.807, 2.05) is 11.8 Å². The van der Waals surface area contributed by atoms with Gasteiger partial charge in [0.2, 0.25) is 0 Å². The third-order valence-corrected chi connectivity index (χ3v) is 5.94. The van der Waals surface area contributed by atoms with Gasteiger partial charge in [-0.05, 0) is 24.5 Å². The summed E-state index contributed by atoms with van der Waals surface area (Å²) < 4.78 is 0. The number of benzene rings is 1. The highest BCUT2D eigenvalue weighted by Crippen LogP contribution is 2.40. The van der Waals surface area contributed by atoms with Crippen molar-refractivity contribution in [2.24, 2.45) is 5.41 Å². The number of thioether (sulfide) groups is 1. The SMILES string of the molecule is OCC1(CNCC2CSc3ccccc32)CCCC1. The van der Waals surface area contributed by atoms with E-state index in [2.05, 4.69) is 29.6 Å². The maximum atomic E-state index is 9.62. The summed E-state index contributed by atoms with van der Waals surface area (Å²) in [4.78, 5) is 1.45. The summed E-state index contributed by atoms with van der Waals surface area (Å²) in [5.74, 6) is 1.83. The van der Waals surface area contributed by atoms with Crippen LogP contribution in [0.3, 0.4) is 0 Å². The van der Waals surface area contributed by atoms with Crippen LogP contribution in [0.4, 0.5) is 0 Å². The largest absolute Gasteiger partial charge is 0.396 e. The van der Waals surface area contributed by atoms with Crippen molar-refractivity contribution in [2.75, 3.05) is 25.4 Å². The molecule has 3 heteroatoms. The lowest BCUT2D eigenvalue weighted by atomic mass is 9.87. The molecule has 1 aromatic rings. The first kappa shape index (κ1) is 13.5. The normalized spacial score (nSPS) is 24.6. The molecule has 0 saturated heterocycles. The molecule has 1 aliphatic heterocycles. The highest BCUT2D eigenvalue weighted by molar-refractivity contribution is 7.99. The minimum atomic E-state index is 0.172. The van der Waals surface area contributed by atoms with Crippen LogP contribution in [-0.4, -0.2) is 30.6 Å². The molecule has 2 nitrogen and oxygen atoms in total. The van der Waals surface area contributed by atoms with Crippen molar-refractivity contribution >= 4 is 11.8 Å². The van der Waals surface area contributed by atoms with Gasteiger partial charge in [-0.15, -0.1) is 11.8 Å². The van der Waals surface area contributed by atoms with Crippen LogP contribution >= 0.6 is 11.8 Å². The van der Waals surface area contributed by atoms with Gasteiger partial charge in [0.1, 0.15) is 0 Å². The van der Waals surface area contributed by atoms with Gasteiger partial charge in [-0.2, -0.15) is 0 Å². The van der Waals surface area contributed by atoms with Crippen molar-refractivity contribution in [2.45, 2.75) is 36.5 Å². The molecular weight excluding hydrogens is 254 g/mol. The molecule has 0 bridgehead atoms. The Kier molecular flexibility index (Phi) is 4.15. The number of hydrogen-bond acceptors (Lipinski definition) is 3. The lowest BCUT2D eigenvalue weighted by molar-refractivity contribution is 0.128. The van der Waals surface area contributed by atoms with E-state index >= 15 is 0 Å².